The third kappa shape index (κ3) is 5.24. The first kappa shape index (κ1) is 24.4. The van der Waals surface area contributed by atoms with Crippen molar-refractivity contribution in [2.45, 2.75) is 36.6 Å². The number of carbonyl (C=O) groups excluding carboxylic acids is 1. The Morgan fingerprint density at radius 2 is 1.70 bits per heavy atom. The lowest BCUT2D eigenvalue weighted by Crippen LogP contribution is -2.41. The predicted molar refractivity (Wildman–Crippen MR) is 123 cm³/mol. The van der Waals surface area contributed by atoms with Gasteiger partial charge in [-0.05, 0) is 51.1 Å². The summed E-state index contributed by atoms with van der Waals surface area (Å²) in [6.45, 7) is 4.31. The molecule has 1 atom stereocenters. The number of amides is 1. The number of benzene rings is 2. The van der Waals surface area contributed by atoms with Gasteiger partial charge in [-0.25, -0.2) is 16.8 Å². The molecule has 0 bridgehead atoms. The fourth-order valence-electron chi connectivity index (χ4n) is 3.12. The van der Waals surface area contributed by atoms with Gasteiger partial charge in [0, 0.05) is 12.7 Å². The van der Waals surface area contributed by atoms with Crippen LogP contribution in [-0.2, 0) is 24.8 Å². The predicted octanol–water partition coefficient (Wildman–Crippen LogP) is 2.42. The molecule has 0 aliphatic rings. The van der Waals surface area contributed by atoms with E-state index in [1.54, 1.807) is 30.3 Å². The van der Waals surface area contributed by atoms with Crippen LogP contribution in [0.15, 0.2) is 68.9 Å². The summed E-state index contributed by atoms with van der Waals surface area (Å²) in [7, 11) is -6.51. The highest BCUT2D eigenvalue weighted by Crippen LogP contribution is 2.24. The zero-order valence-corrected chi connectivity index (χ0v) is 20.1. The Morgan fingerprint density at radius 3 is 2.30 bits per heavy atom. The Balaban J connectivity index is 1.76. The topological polar surface area (TPSA) is 139 Å². The molecule has 0 fully saturated rings. The molecule has 0 aliphatic heterocycles. The van der Waals surface area contributed by atoms with Gasteiger partial charge in [0.2, 0.25) is 15.9 Å². The van der Waals surface area contributed by atoms with E-state index in [9.17, 15) is 21.6 Å². The van der Waals surface area contributed by atoms with Crippen molar-refractivity contribution in [2.24, 2.45) is 0 Å². The lowest BCUT2D eigenvalue weighted by Gasteiger charge is -2.20. The summed E-state index contributed by atoms with van der Waals surface area (Å²) in [5, 5.41) is 6.16. The van der Waals surface area contributed by atoms with E-state index in [2.05, 4.69) is 15.2 Å². The minimum Gasteiger partial charge on any atom is -0.360 e. The second-order valence-corrected chi connectivity index (χ2v) is 10.9. The van der Waals surface area contributed by atoms with E-state index in [1.807, 2.05) is 0 Å². The quantitative estimate of drug-likeness (QED) is 0.492. The lowest BCUT2D eigenvalue weighted by molar-refractivity contribution is -0.117. The zero-order valence-electron chi connectivity index (χ0n) is 18.4. The summed E-state index contributed by atoms with van der Waals surface area (Å²) in [5.41, 5.74) is 0.855. The number of carbonyl (C=O) groups is 1. The molecule has 176 valence electrons. The van der Waals surface area contributed by atoms with Crippen molar-refractivity contribution in [3.05, 3.63) is 66.1 Å². The molecule has 3 aromatic rings. The summed E-state index contributed by atoms with van der Waals surface area (Å²) < 4.78 is 59.5. The van der Waals surface area contributed by atoms with Gasteiger partial charge < -0.3 is 9.84 Å². The van der Waals surface area contributed by atoms with E-state index < -0.39 is 32.0 Å². The number of rotatable bonds is 8. The first-order valence-electron chi connectivity index (χ1n) is 9.83. The largest absolute Gasteiger partial charge is 0.360 e. The molecule has 0 saturated heterocycles. The van der Waals surface area contributed by atoms with Gasteiger partial charge in [-0.1, -0.05) is 29.4 Å². The van der Waals surface area contributed by atoms with E-state index >= 15 is 0 Å². The highest BCUT2D eigenvalue weighted by Gasteiger charge is 2.28. The number of nitrogens with one attached hydrogen (secondary N) is 2. The molecule has 33 heavy (non-hydrogen) atoms. The SMILES string of the molecule is Cc1noc(C)c1S(=O)(=O)N[C@@H](C)C(=O)Nc1cccc(S(=O)(=O)N(C)c2ccccc2)c1. The van der Waals surface area contributed by atoms with Crippen molar-refractivity contribution in [3.63, 3.8) is 0 Å². The monoisotopic (exact) mass is 492 g/mol. The van der Waals surface area contributed by atoms with E-state index in [0.717, 1.165) is 4.31 Å². The van der Waals surface area contributed by atoms with Crippen LogP contribution < -0.4 is 14.3 Å². The minimum atomic E-state index is -4.06. The van der Waals surface area contributed by atoms with Crippen molar-refractivity contribution in [3.8, 4) is 0 Å². The molecular formula is C21H24N4O6S2. The average Bonchev–Trinajstić information content (AvgIpc) is 3.12. The molecule has 0 radical (unpaired) electrons. The van der Waals surface area contributed by atoms with Gasteiger partial charge >= 0.3 is 0 Å². The van der Waals surface area contributed by atoms with Crippen LogP contribution in [0.1, 0.15) is 18.4 Å². The molecule has 1 amide bonds. The first-order chi connectivity index (χ1) is 15.4. The van der Waals surface area contributed by atoms with E-state index in [1.165, 1.54) is 52.1 Å². The van der Waals surface area contributed by atoms with Crippen molar-refractivity contribution >= 4 is 37.3 Å². The second-order valence-electron chi connectivity index (χ2n) is 7.32. The van der Waals surface area contributed by atoms with Gasteiger partial charge in [0.05, 0.1) is 16.6 Å². The highest BCUT2D eigenvalue weighted by molar-refractivity contribution is 7.92. The van der Waals surface area contributed by atoms with E-state index in [4.69, 9.17) is 4.52 Å². The molecular weight excluding hydrogens is 468 g/mol. The van der Waals surface area contributed by atoms with Gasteiger partial charge in [-0.3, -0.25) is 9.10 Å². The molecule has 3 rings (SSSR count). The van der Waals surface area contributed by atoms with Gasteiger partial charge in [-0.2, -0.15) is 4.72 Å². The first-order valence-corrected chi connectivity index (χ1v) is 12.8. The maximum Gasteiger partial charge on any atom is 0.264 e. The smallest absolute Gasteiger partial charge is 0.264 e. The Kier molecular flexibility index (Phi) is 6.91. The van der Waals surface area contributed by atoms with Crippen LogP contribution in [0.25, 0.3) is 0 Å². The number of hydrogen-bond donors (Lipinski definition) is 2. The summed E-state index contributed by atoms with van der Waals surface area (Å²) in [4.78, 5) is 12.5. The maximum atomic E-state index is 13.0. The van der Waals surface area contributed by atoms with Crippen molar-refractivity contribution in [1.29, 1.82) is 0 Å². The number of anilines is 2. The standard InChI is InChI=1S/C21H24N4O6S2/c1-14-20(16(3)31-23-14)32(27,28)24-15(2)21(26)22-17-9-8-12-19(13-17)33(29,30)25(4)18-10-6-5-7-11-18/h5-13,15,24H,1-4H3,(H,22,26)/t15-/m0/s1. The van der Waals surface area contributed by atoms with Crippen LogP contribution >= 0.6 is 0 Å². The van der Waals surface area contributed by atoms with E-state index in [-0.39, 0.29) is 26.9 Å². The number of para-hydroxylation sites is 1. The van der Waals surface area contributed by atoms with Crippen molar-refractivity contribution in [2.75, 3.05) is 16.7 Å². The number of aromatic nitrogens is 1. The van der Waals surface area contributed by atoms with Gasteiger partial charge in [-0.15, -0.1) is 0 Å². The van der Waals surface area contributed by atoms with Crippen LogP contribution in [0.5, 0.6) is 0 Å². The summed E-state index contributed by atoms with van der Waals surface area (Å²) in [5.74, 6) is -0.565. The summed E-state index contributed by atoms with van der Waals surface area (Å²) in [6, 6.07) is 13.1. The molecule has 2 aromatic carbocycles. The molecule has 0 saturated carbocycles. The van der Waals surface area contributed by atoms with Crippen molar-refractivity contribution < 1.29 is 26.2 Å². The third-order valence-electron chi connectivity index (χ3n) is 4.84. The lowest BCUT2D eigenvalue weighted by atomic mass is 10.3. The molecule has 1 heterocycles. The van der Waals surface area contributed by atoms with Gasteiger partial charge in [0.1, 0.15) is 10.6 Å². The van der Waals surface area contributed by atoms with Gasteiger partial charge in [0.15, 0.2) is 5.76 Å². The maximum absolute atomic E-state index is 13.0. The third-order valence-corrected chi connectivity index (χ3v) is 8.41. The zero-order chi connectivity index (χ0) is 24.4. The van der Waals surface area contributed by atoms with Crippen LogP contribution in [0.2, 0.25) is 0 Å². The molecule has 0 aliphatic carbocycles. The number of aryl methyl sites for hydroxylation is 2. The number of sulfonamides is 2. The number of nitrogens with zero attached hydrogens (tertiary/aromatic N) is 2. The van der Waals surface area contributed by atoms with Crippen LogP contribution in [0.3, 0.4) is 0 Å². The van der Waals surface area contributed by atoms with Crippen LogP contribution in [-0.4, -0.2) is 41.0 Å². The Labute approximate surface area is 192 Å². The molecule has 1 aromatic heterocycles. The minimum absolute atomic E-state index is 0.0318. The highest BCUT2D eigenvalue weighted by atomic mass is 32.2. The molecule has 10 nitrogen and oxygen atoms in total. The second kappa shape index (κ2) is 9.33. The van der Waals surface area contributed by atoms with E-state index in [0.29, 0.717) is 5.69 Å². The Bertz CT molecular complexity index is 1350. The van der Waals surface area contributed by atoms with Crippen LogP contribution in [0, 0.1) is 13.8 Å². The van der Waals surface area contributed by atoms with Crippen molar-refractivity contribution in [1.82, 2.24) is 9.88 Å². The average molecular weight is 493 g/mol. The summed E-state index contributed by atoms with van der Waals surface area (Å²) in [6.07, 6.45) is 0. The Morgan fingerprint density at radius 1 is 1.03 bits per heavy atom. The fourth-order valence-corrected chi connectivity index (χ4v) is 5.90. The molecule has 2 N–H and O–H groups in total. The number of hydrogen-bond acceptors (Lipinski definition) is 7. The Hall–Kier alpha value is -3.22. The fraction of sp³-hybridized carbons (Fsp3) is 0.238. The van der Waals surface area contributed by atoms with Gasteiger partial charge in [0.25, 0.3) is 10.0 Å². The summed E-state index contributed by atoms with van der Waals surface area (Å²) >= 11 is 0. The molecule has 12 heteroatoms. The normalized spacial score (nSPS) is 12.8. The molecule has 0 unspecified atom stereocenters. The molecule has 0 spiro atoms. The van der Waals surface area contributed by atoms with Crippen LogP contribution in [0.4, 0.5) is 11.4 Å².